The highest BCUT2D eigenvalue weighted by atomic mass is 19.4. The molecule has 1 heterocycles. The number of alkyl halides is 3. The third-order valence-corrected chi connectivity index (χ3v) is 3.79. The first-order valence-corrected chi connectivity index (χ1v) is 8.00. The average Bonchev–Trinajstić information content (AvgIpc) is 3.12. The minimum Gasteiger partial charge on any atom is -0.497 e. The van der Waals surface area contributed by atoms with Crippen molar-refractivity contribution in [2.75, 3.05) is 14.2 Å². The fourth-order valence-electron chi connectivity index (χ4n) is 2.45. The third-order valence-electron chi connectivity index (χ3n) is 3.79. The number of esters is 1. The summed E-state index contributed by atoms with van der Waals surface area (Å²) < 4.78 is 55.7. The first-order chi connectivity index (χ1) is 13.3. The molecule has 28 heavy (non-hydrogen) atoms. The van der Waals surface area contributed by atoms with Gasteiger partial charge in [-0.25, -0.2) is 9.48 Å². The average molecular weight is 392 g/mol. The highest BCUT2D eigenvalue weighted by Crippen LogP contribution is 2.33. The van der Waals surface area contributed by atoms with Gasteiger partial charge in [0.2, 0.25) is 5.88 Å². The molecule has 3 aromatic rings. The van der Waals surface area contributed by atoms with Gasteiger partial charge in [-0.3, -0.25) is 0 Å². The van der Waals surface area contributed by atoms with Crippen LogP contribution in [0.15, 0.2) is 54.6 Å². The quantitative estimate of drug-likeness (QED) is 0.611. The molecule has 2 aromatic carbocycles. The molecule has 9 heteroatoms. The molecule has 0 spiro atoms. The molecule has 0 aliphatic rings. The van der Waals surface area contributed by atoms with Gasteiger partial charge in [0.05, 0.1) is 19.9 Å². The molecular formula is C19H15F3N2O4. The van der Waals surface area contributed by atoms with E-state index in [-0.39, 0.29) is 17.2 Å². The second-order valence-corrected chi connectivity index (χ2v) is 5.57. The molecule has 0 fully saturated rings. The lowest BCUT2D eigenvalue weighted by molar-refractivity contribution is -0.141. The van der Waals surface area contributed by atoms with Crippen LogP contribution >= 0.6 is 0 Å². The van der Waals surface area contributed by atoms with Crippen LogP contribution in [0.2, 0.25) is 0 Å². The summed E-state index contributed by atoms with van der Waals surface area (Å²) in [6.45, 7) is 0. The summed E-state index contributed by atoms with van der Waals surface area (Å²) in [6.07, 6.45) is -4.70. The van der Waals surface area contributed by atoms with Gasteiger partial charge in [0.1, 0.15) is 17.1 Å². The van der Waals surface area contributed by atoms with Crippen LogP contribution in [0, 0.1) is 0 Å². The molecule has 0 aliphatic heterocycles. The Morgan fingerprint density at radius 3 is 2.32 bits per heavy atom. The Kier molecular flexibility index (Phi) is 5.25. The number of carbonyl (C=O) groups is 1. The van der Waals surface area contributed by atoms with Crippen LogP contribution in [-0.4, -0.2) is 30.0 Å². The normalized spacial score (nSPS) is 11.2. The molecule has 0 amide bonds. The predicted molar refractivity (Wildman–Crippen MR) is 93.1 cm³/mol. The summed E-state index contributed by atoms with van der Waals surface area (Å²) in [4.78, 5) is 12.6. The van der Waals surface area contributed by atoms with E-state index in [1.165, 1.54) is 32.4 Å². The van der Waals surface area contributed by atoms with Crippen LogP contribution in [0.5, 0.6) is 17.4 Å². The molecule has 0 radical (unpaired) electrons. The van der Waals surface area contributed by atoms with Gasteiger partial charge in [-0.05, 0) is 24.3 Å². The van der Waals surface area contributed by atoms with Crippen LogP contribution in [0.4, 0.5) is 13.2 Å². The van der Waals surface area contributed by atoms with Gasteiger partial charge in [-0.15, -0.1) is 0 Å². The maximum Gasteiger partial charge on any atom is 0.435 e. The van der Waals surface area contributed by atoms with Gasteiger partial charge in [-0.1, -0.05) is 18.2 Å². The van der Waals surface area contributed by atoms with E-state index >= 15 is 0 Å². The number of ether oxygens (including phenoxy) is 3. The number of methoxy groups -OCH3 is 2. The van der Waals surface area contributed by atoms with E-state index in [2.05, 4.69) is 5.10 Å². The molecule has 1 aromatic heterocycles. The first-order valence-electron chi connectivity index (χ1n) is 8.00. The largest absolute Gasteiger partial charge is 0.497 e. The number of hydrogen-bond acceptors (Lipinski definition) is 5. The van der Waals surface area contributed by atoms with E-state index in [9.17, 15) is 18.0 Å². The van der Waals surface area contributed by atoms with Gasteiger partial charge in [0, 0.05) is 12.1 Å². The summed E-state index contributed by atoms with van der Waals surface area (Å²) in [5.74, 6) is -0.667. The van der Waals surface area contributed by atoms with Crippen LogP contribution in [0.3, 0.4) is 0 Å². The highest BCUT2D eigenvalue weighted by molar-refractivity contribution is 5.94. The zero-order valence-electron chi connectivity index (χ0n) is 14.9. The summed E-state index contributed by atoms with van der Waals surface area (Å²) in [6, 6.07) is 13.1. The molecule has 0 saturated carbocycles. The monoisotopic (exact) mass is 392 g/mol. The molecule has 0 atom stereocenters. The Morgan fingerprint density at radius 1 is 1.00 bits per heavy atom. The van der Waals surface area contributed by atoms with Gasteiger partial charge in [-0.2, -0.15) is 18.3 Å². The van der Waals surface area contributed by atoms with E-state index in [1.54, 1.807) is 30.3 Å². The third kappa shape index (κ3) is 3.93. The van der Waals surface area contributed by atoms with Crippen molar-refractivity contribution in [1.29, 1.82) is 0 Å². The van der Waals surface area contributed by atoms with E-state index in [1.807, 2.05) is 0 Å². The Bertz CT molecular complexity index is 985. The van der Waals surface area contributed by atoms with Crippen molar-refractivity contribution in [2.24, 2.45) is 0 Å². The molecule has 0 bridgehead atoms. The molecule has 0 saturated heterocycles. The van der Waals surface area contributed by atoms with Crippen LogP contribution in [0.25, 0.3) is 5.69 Å². The second-order valence-electron chi connectivity index (χ2n) is 5.57. The number of benzene rings is 2. The number of rotatable bonds is 5. The topological polar surface area (TPSA) is 62.6 Å². The highest BCUT2D eigenvalue weighted by Gasteiger charge is 2.36. The Hall–Kier alpha value is -3.49. The van der Waals surface area contributed by atoms with Crippen molar-refractivity contribution in [1.82, 2.24) is 9.78 Å². The van der Waals surface area contributed by atoms with E-state index in [4.69, 9.17) is 14.2 Å². The van der Waals surface area contributed by atoms with Crippen molar-refractivity contribution in [3.05, 3.63) is 65.9 Å². The molecule has 0 N–H and O–H groups in total. The lowest BCUT2D eigenvalue weighted by atomic mass is 10.2. The Morgan fingerprint density at radius 2 is 1.71 bits per heavy atom. The lowest BCUT2D eigenvalue weighted by Crippen LogP contribution is -2.13. The number of carbonyl (C=O) groups excluding carboxylic acids is 1. The molecule has 146 valence electrons. The van der Waals surface area contributed by atoms with E-state index in [0.29, 0.717) is 17.5 Å². The zero-order valence-corrected chi connectivity index (χ0v) is 14.9. The molecular weight excluding hydrogens is 377 g/mol. The number of nitrogens with zero attached hydrogens (tertiary/aromatic N) is 2. The van der Waals surface area contributed by atoms with Crippen LogP contribution < -0.4 is 14.2 Å². The predicted octanol–water partition coefficient (Wildman–Crippen LogP) is 4.13. The van der Waals surface area contributed by atoms with Crippen molar-refractivity contribution in [3.63, 3.8) is 0 Å². The minimum atomic E-state index is -4.70. The minimum absolute atomic E-state index is 0.0256. The van der Waals surface area contributed by atoms with Crippen molar-refractivity contribution < 1.29 is 32.2 Å². The maximum atomic E-state index is 13.1. The fourth-order valence-corrected chi connectivity index (χ4v) is 2.45. The van der Waals surface area contributed by atoms with Gasteiger partial charge < -0.3 is 14.2 Å². The van der Waals surface area contributed by atoms with Crippen LogP contribution in [-0.2, 0) is 6.18 Å². The lowest BCUT2D eigenvalue weighted by Gasteiger charge is -2.11. The summed E-state index contributed by atoms with van der Waals surface area (Å²) in [5.41, 5.74) is -0.846. The number of hydrogen-bond donors (Lipinski definition) is 0. The van der Waals surface area contributed by atoms with E-state index in [0.717, 1.165) is 4.68 Å². The number of halogens is 3. The molecule has 0 aliphatic carbocycles. The molecule has 0 unspecified atom stereocenters. The maximum absolute atomic E-state index is 13.1. The molecule has 6 nitrogen and oxygen atoms in total. The van der Waals surface area contributed by atoms with Crippen molar-refractivity contribution in [2.45, 2.75) is 6.18 Å². The SMILES string of the molecule is COc1ccc(C(=O)Oc2cc(C(F)(F)F)nn2-c2ccccc2)c(OC)c1. The van der Waals surface area contributed by atoms with Gasteiger partial charge >= 0.3 is 12.1 Å². The van der Waals surface area contributed by atoms with Crippen molar-refractivity contribution >= 4 is 5.97 Å². The fraction of sp³-hybridized carbons (Fsp3) is 0.158. The Balaban J connectivity index is 2.00. The summed E-state index contributed by atoms with van der Waals surface area (Å²) in [5, 5.41) is 3.53. The zero-order chi connectivity index (χ0) is 20.3. The van der Waals surface area contributed by atoms with Crippen LogP contribution in [0.1, 0.15) is 16.1 Å². The summed E-state index contributed by atoms with van der Waals surface area (Å²) in [7, 11) is 2.80. The standard InChI is InChI=1S/C19H15F3N2O4/c1-26-13-8-9-14(15(10-13)27-2)18(25)28-17-11-16(19(20,21)22)23-24(17)12-6-4-3-5-7-12/h3-11H,1-2H3. The summed E-state index contributed by atoms with van der Waals surface area (Å²) >= 11 is 0. The van der Waals surface area contributed by atoms with Crippen molar-refractivity contribution in [3.8, 4) is 23.1 Å². The number of aromatic nitrogens is 2. The smallest absolute Gasteiger partial charge is 0.435 e. The van der Waals surface area contributed by atoms with Gasteiger partial charge in [0.25, 0.3) is 0 Å². The first kappa shape index (κ1) is 19.3. The number of para-hydroxylation sites is 1. The van der Waals surface area contributed by atoms with Gasteiger partial charge in [0.15, 0.2) is 5.69 Å². The second kappa shape index (κ2) is 7.63. The van der Waals surface area contributed by atoms with E-state index < -0.39 is 17.8 Å². The molecule has 3 rings (SSSR count). The Labute approximate surface area is 158 Å².